The van der Waals surface area contributed by atoms with Crippen LogP contribution < -0.4 is 5.63 Å². The van der Waals surface area contributed by atoms with Crippen molar-refractivity contribution in [3.05, 3.63) is 81.2 Å². The summed E-state index contributed by atoms with van der Waals surface area (Å²) in [5, 5.41) is 0.764. The van der Waals surface area contributed by atoms with Gasteiger partial charge in [-0.05, 0) is 69.4 Å². The van der Waals surface area contributed by atoms with Crippen molar-refractivity contribution >= 4 is 44.5 Å². The smallest absolute Gasteiger partial charge is 0.343 e. The number of fused-ring (bicyclic) bond motifs is 5. The lowest BCUT2D eigenvalue weighted by molar-refractivity contribution is -0.438. The second-order valence-corrected chi connectivity index (χ2v) is 13.9. The van der Waals surface area contributed by atoms with Crippen molar-refractivity contribution in [2.75, 3.05) is 18.9 Å². The molecule has 8 nitrogen and oxygen atoms in total. The quantitative estimate of drug-likeness (QED) is 0.0835. The monoisotopic (exact) mass is 614 g/mol. The van der Waals surface area contributed by atoms with Crippen molar-refractivity contribution < 1.29 is 31.5 Å². The molecule has 44 heavy (non-hydrogen) atoms. The molecule has 2 heterocycles. The molecular formula is C35H36NO7S+. The molecule has 0 saturated heterocycles. The van der Waals surface area contributed by atoms with Crippen LogP contribution in [0, 0.1) is 23.7 Å². The number of carbonyl (C=O) groups is 1. The lowest BCUT2D eigenvalue weighted by Crippen LogP contribution is -2.28. The van der Waals surface area contributed by atoms with Crippen molar-refractivity contribution in [2.24, 2.45) is 11.8 Å². The van der Waals surface area contributed by atoms with E-state index in [0.29, 0.717) is 43.6 Å². The van der Waals surface area contributed by atoms with Crippen molar-refractivity contribution in [3.63, 3.8) is 0 Å². The van der Waals surface area contributed by atoms with E-state index in [1.807, 2.05) is 49.4 Å². The first-order chi connectivity index (χ1) is 21.0. The van der Waals surface area contributed by atoms with Crippen molar-refractivity contribution in [1.29, 1.82) is 0 Å². The average Bonchev–Trinajstić information content (AvgIpc) is 3.62. The van der Waals surface area contributed by atoms with Crippen LogP contribution in [0.25, 0.3) is 17.0 Å². The Hall–Kier alpha value is -4.00. The second-order valence-electron chi connectivity index (χ2n) is 12.3. The summed E-state index contributed by atoms with van der Waals surface area (Å²) in [6.07, 6.45) is 6.16. The number of rotatable bonds is 9. The number of allylic oxidation sites excluding steroid dienone is 1. The molecule has 0 bridgehead atoms. The number of carbonyl (C=O) groups excluding carboxylic acids is 1. The van der Waals surface area contributed by atoms with Gasteiger partial charge in [0.15, 0.2) is 5.71 Å². The van der Waals surface area contributed by atoms with Crippen LogP contribution in [0.3, 0.4) is 0 Å². The number of benzene rings is 2. The van der Waals surface area contributed by atoms with Gasteiger partial charge in [0.2, 0.25) is 5.69 Å². The maximum atomic E-state index is 13.2. The molecule has 1 fully saturated rings. The van der Waals surface area contributed by atoms with Gasteiger partial charge in [0.1, 0.15) is 12.1 Å². The Morgan fingerprint density at radius 2 is 1.98 bits per heavy atom. The fraction of sp³-hybridized carbons (Fsp3) is 0.400. The Kier molecular flexibility index (Phi) is 7.85. The number of nitrogens with zero attached hydrogens (tertiary/aromatic N) is 1. The molecule has 228 valence electrons. The van der Waals surface area contributed by atoms with Crippen LogP contribution in [0.15, 0.2) is 57.8 Å². The number of hydrogen-bond donors (Lipinski definition) is 1. The van der Waals surface area contributed by atoms with Crippen LogP contribution in [-0.4, -0.2) is 48.1 Å². The average molecular weight is 615 g/mol. The first kappa shape index (κ1) is 30.0. The van der Waals surface area contributed by atoms with E-state index in [2.05, 4.69) is 36.3 Å². The molecule has 0 amide bonds. The van der Waals surface area contributed by atoms with E-state index in [1.165, 1.54) is 0 Å². The summed E-state index contributed by atoms with van der Waals surface area (Å²) in [6.45, 7) is 6.96. The molecule has 1 aliphatic heterocycles. The molecule has 3 aromatic rings. The standard InChI is InChI=1S/C35H35NO7S/c1-4-42-34(38)32-25-12-6-5-11-22-21-29-24(20-26(22)31(25)32)19-23(33(37)43-29)15-16-30-35(2,3)27-13-7-8-14-28(27)36(30)17-9-10-18-44(39,40)41/h7-8,13-16,19-21,25,31-32H,4,6,9-10,12,17-18H2,1-3H3/p+1/b16-15+. The first-order valence-electron chi connectivity index (χ1n) is 15.1. The van der Waals surface area contributed by atoms with Gasteiger partial charge in [0.25, 0.3) is 10.1 Å². The highest BCUT2D eigenvalue weighted by molar-refractivity contribution is 7.85. The van der Waals surface area contributed by atoms with Crippen molar-refractivity contribution in [1.82, 2.24) is 0 Å². The molecule has 1 aromatic heterocycles. The number of para-hydroxylation sites is 1. The minimum atomic E-state index is -4.02. The fourth-order valence-corrected chi connectivity index (χ4v) is 7.49. The van der Waals surface area contributed by atoms with Crippen LogP contribution in [0.2, 0.25) is 0 Å². The summed E-state index contributed by atoms with van der Waals surface area (Å²) < 4.78 is 44.9. The first-order valence-corrected chi connectivity index (χ1v) is 16.8. The minimum Gasteiger partial charge on any atom is -0.466 e. The number of unbranched alkanes of at least 4 members (excludes halogenated alkanes) is 1. The SMILES string of the molecule is CCOC(=O)C1C2CCC#Cc3cc4oc(=O)c(/C=C/C5=[N+](CCCCS(=O)(=O)O)c6ccccc6C5(C)C)cc4cc3C21. The molecule has 3 aliphatic rings. The predicted octanol–water partition coefficient (Wildman–Crippen LogP) is 5.59. The molecule has 2 aromatic carbocycles. The summed E-state index contributed by atoms with van der Waals surface area (Å²) >= 11 is 0. The summed E-state index contributed by atoms with van der Waals surface area (Å²) in [5.41, 5.74) is 4.93. The Balaban J connectivity index is 1.36. The molecule has 3 unspecified atom stereocenters. The van der Waals surface area contributed by atoms with E-state index >= 15 is 0 Å². The molecule has 9 heteroatoms. The summed E-state index contributed by atoms with van der Waals surface area (Å²) in [6, 6.07) is 13.7. The zero-order valence-corrected chi connectivity index (χ0v) is 25.9. The van der Waals surface area contributed by atoms with E-state index in [9.17, 15) is 18.0 Å². The fourth-order valence-electron chi connectivity index (χ4n) is 6.92. The normalized spacial score (nSPS) is 21.6. The van der Waals surface area contributed by atoms with Crippen LogP contribution in [-0.2, 0) is 25.1 Å². The predicted molar refractivity (Wildman–Crippen MR) is 169 cm³/mol. The molecule has 0 spiro atoms. The van der Waals surface area contributed by atoms with E-state index < -0.39 is 15.7 Å². The van der Waals surface area contributed by atoms with Crippen LogP contribution in [0.5, 0.6) is 0 Å². The van der Waals surface area contributed by atoms with Crippen molar-refractivity contribution in [3.8, 4) is 11.8 Å². The molecular weight excluding hydrogens is 578 g/mol. The maximum Gasteiger partial charge on any atom is 0.343 e. The summed E-state index contributed by atoms with van der Waals surface area (Å²) in [4.78, 5) is 25.9. The maximum absolute atomic E-state index is 13.2. The zero-order chi connectivity index (χ0) is 31.2. The van der Waals surface area contributed by atoms with Crippen LogP contribution in [0.1, 0.15) is 74.6 Å². The van der Waals surface area contributed by atoms with Gasteiger partial charge in [0.05, 0.1) is 29.3 Å². The van der Waals surface area contributed by atoms with Crippen LogP contribution >= 0.6 is 0 Å². The highest BCUT2D eigenvalue weighted by atomic mass is 32.2. The van der Waals surface area contributed by atoms with Gasteiger partial charge in [-0.3, -0.25) is 9.35 Å². The second kappa shape index (κ2) is 11.5. The van der Waals surface area contributed by atoms with Crippen molar-refractivity contribution in [2.45, 2.75) is 57.8 Å². The van der Waals surface area contributed by atoms with Gasteiger partial charge in [-0.1, -0.05) is 30.0 Å². The highest BCUT2D eigenvalue weighted by Gasteiger charge is 2.56. The van der Waals surface area contributed by atoms with E-state index in [0.717, 1.165) is 39.9 Å². The Morgan fingerprint density at radius 1 is 1.18 bits per heavy atom. The number of hydrogen-bond acceptors (Lipinski definition) is 6. The third kappa shape index (κ3) is 5.64. The third-order valence-electron chi connectivity index (χ3n) is 9.10. The topological polar surface area (TPSA) is 114 Å². The van der Waals surface area contributed by atoms with E-state index in [1.54, 1.807) is 6.08 Å². The Bertz CT molecular complexity index is 1960. The van der Waals surface area contributed by atoms with Gasteiger partial charge in [0, 0.05) is 47.4 Å². The molecule has 2 aliphatic carbocycles. The molecule has 0 radical (unpaired) electrons. The van der Waals surface area contributed by atoms with Gasteiger partial charge in [-0.15, -0.1) is 0 Å². The highest BCUT2D eigenvalue weighted by Crippen LogP contribution is 2.58. The van der Waals surface area contributed by atoms with Gasteiger partial charge < -0.3 is 9.15 Å². The Labute approximate surface area is 257 Å². The molecule has 3 atom stereocenters. The molecule has 1 saturated carbocycles. The third-order valence-corrected chi connectivity index (χ3v) is 9.90. The largest absolute Gasteiger partial charge is 0.466 e. The van der Waals surface area contributed by atoms with Gasteiger partial charge in [-0.2, -0.15) is 13.0 Å². The van der Waals surface area contributed by atoms with Crippen LogP contribution in [0.4, 0.5) is 5.69 Å². The zero-order valence-electron chi connectivity index (χ0n) is 25.1. The minimum absolute atomic E-state index is 0.0386. The van der Waals surface area contributed by atoms with E-state index in [4.69, 9.17) is 13.7 Å². The van der Waals surface area contributed by atoms with Gasteiger partial charge >= 0.3 is 11.6 Å². The lowest BCUT2D eigenvalue weighted by atomic mass is 9.81. The lowest BCUT2D eigenvalue weighted by Gasteiger charge is -2.15. The van der Waals surface area contributed by atoms with E-state index in [-0.39, 0.29) is 34.9 Å². The number of ether oxygens (including phenoxy) is 1. The summed E-state index contributed by atoms with van der Waals surface area (Å²) in [5.74, 6) is 6.01. The molecule has 6 rings (SSSR count). The molecule has 1 N–H and O–H groups in total. The number of esters is 1. The summed E-state index contributed by atoms with van der Waals surface area (Å²) in [7, 11) is -4.02. The Morgan fingerprint density at radius 3 is 2.75 bits per heavy atom. The van der Waals surface area contributed by atoms with Gasteiger partial charge in [-0.25, -0.2) is 4.79 Å².